The molecule has 2 aromatic rings. The van der Waals surface area contributed by atoms with E-state index >= 15 is 0 Å². The molecular weight excluding hydrogens is 293 g/mol. The highest BCUT2D eigenvalue weighted by atomic mass is 19.1. The van der Waals surface area contributed by atoms with Crippen LogP contribution in [0.4, 0.5) is 10.1 Å². The van der Waals surface area contributed by atoms with Crippen molar-refractivity contribution in [2.45, 2.75) is 6.92 Å². The molecule has 0 fully saturated rings. The van der Waals surface area contributed by atoms with Gasteiger partial charge in [-0.25, -0.2) is 0 Å². The summed E-state index contributed by atoms with van der Waals surface area (Å²) in [6, 6.07) is 11.5. The molecule has 0 aliphatic heterocycles. The number of hydrogen-bond donors (Lipinski definition) is 1. The van der Waals surface area contributed by atoms with E-state index in [2.05, 4.69) is 0 Å². The third kappa shape index (κ3) is 4.48. The molecule has 7 heteroatoms. The largest absolute Gasteiger partial charge is 0.481 e. The Bertz CT molecular complexity index is 696. The third-order valence-electron chi connectivity index (χ3n) is 2.45. The first kappa shape index (κ1) is 17.0. The summed E-state index contributed by atoms with van der Waals surface area (Å²) in [5, 5.41) is 18.2. The van der Waals surface area contributed by atoms with Gasteiger partial charge < -0.3 is 5.11 Å². The maximum atomic E-state index is 13.4. The summed E-state index contributed by atoms with van der Waals surface area (Å²) >= 11 is 0. The lowest BCUT2D eigenvalue weighted by molar-refractivity contribution is -0.387. The molecule has 0 saturated carbocycles. The fraction of sp³-hybridized carbons (Fsp3) is 0.0667. The molecule has 0 aliphatic rings. The van der Waals surface area contributed by atoms with E-state index in [0.29, 0.717) is 0 Å². The molecule has 0 aromatic heterocycles. The minimum absolute atomic E-state index is 0.244. The number of nitro benzene ring substituents is 1. The summed E-state index contributed by atoms with van der Waals surface area (Å²) in [7, 11) is 0. The summed E-state index contributed by atoms with van der Waals surface area (Å²) in [4.78, 5) is 31.0. The normalized spacial score (nSPS) is 9.36. The SMILES string of the molecule is CC(=O)O.O=C(c1ccccc1)c1cccc(F)c1[N+](=O)[O-]. The van der Waals surface area contributed by atoms with Crippen LogP contribution < -0.4 is 0 Å². The Hall–Kier alpha value is -3.09. The number of aliphatic carboxylic acids is 1. The van der Waals surface area contributed by atoms with Crippen molar-refractivity contribution in [2.24, 2.45) is 0 Å². The van der Waals surface area contributed by atoms with Gasteiger partial charge in [-0.3, -0.25) is 19.7 Å². The number of para-hydroxylation sites is 1. The van der Waals surface area contributed by atoms with Crippen LogP contribution in [0.25, 0.3) is 0 Å². The molecule has 0 aliphatic carbocycles. The number of carbonyl (C=O) groups is 2. The van der Waals surface area contributed by atoms with Crippen molar-refractivity contribution in [1.29, 1.82) is 0 Å². The molecular formula is C15H12FNO5. The summed E-state index contributed by atoms with van der Waals surface area (Å²) in [6.07, 6.45) is 0. The Morgan fingerprint density at radius 2 is 1.64 bits per heavy atom. The molecule has 0 unspecified atom stereocenters. The van der Waals surface area contributed by atoms with Crippen molar-refractivity contribution in [3.63, 3.8) is 0 Å². The van der Waals surface area contributed by atoms with Gasteiger partial charge in [0.25, 0.3) is 5.97 Å². The quantitative estimate of drug-likeness (QED) is 0.534. The Morgan fingerprint density at radius 1 is 1.09 bits per heavy atom. The lowest BCUT2D eigenvalue weighted by atomic mass is 10.0. The van der Waals surface area contributed by atoms with Gasteiger partial charge in [-0.2, -0.15) is 4.39 Å². The molecule has 22 heavy (non-hydrogen) atoms. The van der Waals surface area contributed by atoms with Crippen molar-refractivity contribution < 1.29 is 24.0 Å². The van der Waals surface area contributed by atoms with Crippen LogP contribution in [0, 0.1) is 15.9 Å². The molecule has 0 atom stereocenters. The topological polar surface area (TPSA) is 97.5 Å². The van der Waals surface area contributed by atoms with E-state index in [1.165, 1.54) is 24.3 Å². The van der Waals surface area contributed by atoms with E-state index < -0.39 is 28.2 Å². The van der Waals surface area contributed by atoms with E-state index in [9.17, 15) is 19.3 Å². The van der Waals surface area contributed by atoms with Gasteiger partial charge in [0.05, 0.1) is 4.92 Å². The van der Waals surface area contributed by atoms with Gasteiger partial charge in [-0.1, -0.05) is 36.4 Å². The standard InChI is InChI=1S/C13H8FNO3.C2H4O2/c14-11-8-4-7-10(12(11)15(17)18)13(16)9-5-2-1-3-6-9;1-2(3)4/h1-8H;1H3,(H,3,4). The number of nitrogens with zero attached hydrogens (tertiary/aromatic N) is 1. The predicted molar refractivity (Wildman–Crippen MR) is 76.2 cm³/mol. The number of rotatable bonds is 3. The Morgan fingerprint density at radius 3 is 2.14 bits per heavy atom. The van der Waals surface area contributed by atoms with E-state index in [-0.39, 0.29) is 11.1 Å². The van der Waals surface area contributed by atoms with Gasteiger partial charge in [0.15, 0.2) is 5.78 Å². The fourth-order valence-corrected chi connectivity index (χ4v) is 1.63. The van der Waals surface area contributed by atoms with Crippen molar-refractivity contribution in [2.75, 3.05) is 0 Å². The zero-order valence-electron chi connectivity index (χ0n) is 11.5. The molecule has 0 saturated heterocycles. The zero-order valence-corrected chi connectivity index (χ0v) is 11.5. The van der Waals surface area contributed by atoms with Crippen LogP contribution in [-0.4, -0.2) is 21.8 Å². The van der Waals surface area contributed by atoms with Gasteiger partial charge in [0, 0.05) is 12.5 Å². The molecule has 0 radical (unpaired) electrons. The summed E-state index contributed by atoms with van der Waals surface area (Å²) in [5.74, 6) is -2.41. The van der Waals surface area contributed by atoms with Crippen molar-refractivity contribution >= 4 is 17.4 Å². The highest BCUT2D eigenvalue weighted by molar-refractivity contribution is 6.11. The highest BCUT2D eigenvalue weighted by Crippen LogP contribution is 2.24. The minimum atomic E-state index is -1.01. The van der Waals surface area contributed by atoms with Crippen molar-refractivity contribution in [3.8, 4) is 0 Å². The monoisotopic (exact) mass is 305 g/mol. The highest BCUT2D eigenvalue weighted by Gasteiger charge is 2.25. The Balaban J connectivity index is 0.000000541. The van der Waals surface area contributed by atoms with E-state index in [0.717, 1.165) is 13.0 Å². The second-order valence-electron chi connectivity index (χ2n) is 4.11. The maximum Gasteiger partial charge on any atom is 0.315 e. The van der Waals surface area contributed by atoms with E-state index in [1.54, 1.807) is 18.2 Å². The van der Waals surface area contributed by atoms with Gasteiger partial charge in [-0.05, 0) is 12.1 Å². The van der Waals surface area contributed by atoms with Crippen LogP contribution in [0.15, 0.2) is 48.5 Å². The number of benzene rings is 2. The van der Waals surface area contributed by atoms with Gasteiger partial charge in [-0.15, -0.1) is 0 Å². The molecule has 6 nitrogen and oxygen atoms in total. The number of nitro groups is 1. The first-order valence-electron chi connectivity index (χ1n) is 6.06. The average Bonchev–Trinajstić information content (AvgIpc) is 2.46. The molecule has 2 rings (SSSR count). The van der Waals surface area contributed by atoms with Crippen molar-refractivity contribution in [3.05, 3.63) is 75.6 Å². The smallest absolute Gasteiger partial charge is 0.315 e. The Kier molecular flexibility index (Phi) is 5.88. The van der Waals surface area contributed by atoms with E-state index in [1.807, 2.05) is 0 Å². The first-order chi connectivity index (χ1) is 10.3. The molecule has 1 N–H and O–H groups in total. The third-order valence-corrected chi connectivity index (χ3v) is 2.45. The van der Waals surface area contributed by atoms with Crippen LogP contribution in [0.1, 0.15) is 22.8 Å². The van der Waals surface area contributed by atoms with Crippen LogP contribution in [0.3, 0.4) is 0 Å². The number of hydrogen-bond acceptors (Lipinski definition) is 4. The fourth-order valence-electron chi connectivity index (χ4n) is 1.63. The summed E-state index contributed by atoms with van der Waals surface area (Å²) in [5.41, 5.74) is -0.747. The van der Waals surface area contributed by atoms with Gasteiger partial charge >= 0.3 is 5.69 Å². The maximum absolute atomic E-state index is 13.4. The molecule has 0 spiro atoms. The number of halogens is 1. The predicted octanol–water partition coefficient (Wildman–Crippen LogP) is 3.06. The van der Waals surface area contributed by atoms with Crippen LogP contribution in [0.2, 0.25) is 0 Å². The molecule has 114 valence electrons. The summed E-state index contributed by atoms with van der Waals surface area (Å²) < 4.78 is 13.4. The first-order valence-corrected chi connectivity index (χ1v) is 6.06. The average molecular weight is 305 g/mol. The van der Waals surface area contributed by atoms with Crippen LogP contribution >= 0.6 is 0 Å². The number of carboxylic acids is 1. The molecule has 0 bridgehead atoms. The minimum Gasteiger partial charge on any atom is -0.481 e. The second-order valence-corrected chi connectivity index (χ2v) is 4.11. The summed E-state index contributed by atoms with van der Waals surface area (Å²) in [6.45, 7) is 1.08. The lowest BCUT2D eigenvalue weighted by Gasteiger charge is -2.02. The number of ketones is 1. The van der Waals surface area contributed by atoms with Crippen molar-refractivity contribution in [1.82, 2.24) is 0 Å². The van der Waals surface area contributed by atoms with E-state index in [4.69, 9.17) is 9.90 Å². The van der Waals surface area contributed by atoms with Gasteiger partial charge in [0.1, 0.15) is 5.56 Å². The lowest BCUT2D eigenvalue weighted by Crippen LogP contribution is -2.06. The Labute approximate surface area is 125 Å². The molecule has 2 aromatic carbocycles. The molecule has 0 amide bonds. The number of carbonyl (C=O) groups excluding carboxylic acids is 1. The van der Waals surface area contributed by atoms with Gasteiger partial charge in [0.2, 0.25) is 5.82 Å². The second kappa shape index (κ2) is 7.63. The van der Waals surface area contributed by atoms with Crippen LogP contribution in [0.5, 0.6) is 0 Å². The van der Waals surface area contributed by atoms with Crippen LogP contribution in [-0.2, 0) is 4.79 Å². The molecule has 0 heterocycles. The zero-order chi connectivity index (χ0) is 16.7. The number of carboxylic acid groups (broad SMARTS) is 1.